The second-order valence-electron chi connectivity index (χ2n) is 6.28. The van der Waals surface area contributed by atoms with E-state index in [2.05, 4.69) is 9.97 Å². The van der Waals surface area contributed by atoms with Crippen molar-refractivity contribution >= 4 is 28.5 Å². The van der Waals surface area contributed by atoms with Crippen LogP contribution >= 0.6 is 11.6 Å². The third kappa shape index (κ3) is 4.88. The van der Waals surface area contributed by atoms with Gasteiger partial charge in [-0.05, 0) is 49.5 Å². The molecule has 146 valence electrons. The molecule has 0 bridgehead atoms. The Balaban J connectivity index is 1.66. The highest BCUT2D eigenvalue weighted by Gasteiger charge is 2.11. The molecule has 0 radical (unpaired) electrons. The average molecular weight is 402 g/mol. The number of H-pyrrole nitrogens is 1. The van der Waals surface area contributed by atoms with Crippen molar-refractivity contribution < 1.29 is 14.3 Å². The summed E-state index contributed by atoms with van der Waals surface area (Å²) in [6.45, 7) is 1.53. The topological polar surface area (TPSA) is 84.5 Å². The van der Waals surface area contributed by atoms with Gasteiger partial charge in [0.2, 0.25) is 0 Å². The fraction of sp³-hybridized carbons (Fsp3) is 0.250. The lowest BCUT2D eigenvalue weighted by molar-refractivity contribution is 0.0601. The summed E-state index contributed by atoms with van der Waals surface area (Å²) in [6.07, 6.45) is 0. The molecular weight excluding hydrogens is 382 g/mol. The largest absolute Gasteiger partial charge is 0.492 e. The fourth-order valence-corrected chi connectivity index (χ4v) is 2.82. The van der Waals surface area contributed by atoms with Crippen molar-refractivity contribution in [1.29, 1.82) is 0 Å². The number of aromatic amines is 1. The molecule has 2 aromatic carbocycles. The maximum atomic E-state index is 12.3. The smallest absolute Gasteiger partial charge is 0.337 e. The number of fused-ring (bicyclic) bond motifs is 1. The Morgan fingerprint density at radius 1 is 1.21 bits per heavy atom. The molecule has 28 heavy (non-hydrogen) atoms. The number of methoxy groups -OCH3 is 1. The first-order chi connectivity index (χ1) is 13.5. The molecule has 7 nitrogen and oxygen atoms in total. The van der Waals surface area contributed by atoms with Gasteiger partial charge in [0.15, 0.2) is 0 Å². The molecular formula is C20H20ClN3O4. The van der Waals surface area contributed by atoms with Gasteiger partial charge in [0.1, 0.15) is 18.2 Å². The quantitative estimate of drug-likeness (QED) is 0.613. The van der Waals surface area contributed by atoms with E-state index < -0.39 is 5.97 Å². The second-order valence-corrected chi connectivity index (χ2v) is 6.71. The SMILES string of the molecule is COC(=O)c1ccc2c(=O)[nH]c(CN(C)CCOc3ccc(Cl)cc3)nc2c1. The summed E-state index contributed by atoms with van der Waals surface area (Å²) in [7, 11) is 3.21. The minimum atomic E-state index is -0.470. The van der Waals surface area contributed by atoms with Gasteiger partial charge < -0.3 is 14.5 Å². The number of ether oxygens (including phenoxy) is 2. The third-order valence-electron chi connectivity index (χ3n) is 4.15. The van der Waals surface area contributed by atoms with Crippen LogP contribution in [0.3, 0.4) is 0 Å². The Kier molecular flexibility index (Phi) is 6.28. The van der Waals surface area contributed by atoms with E-state index in [1.165, 1.54) is 7.11 Å². The van der Waals surface area contributed by atoms with Gasteiger partial charge in [-0.3, -0.25) is 9.69 Å². The van der Waals surface area contributed by atoms with Gasteiger partial charge in [-0.15, -0.1) is 0 Å². The van der Waals surface area contributed by atoms with E-state index in [-0.39, 0.29) is 5.56 Å². The summed E-state index contributed by atoms with van der Waals surface area (Å²) in [4.78, 5) is 33.2. The maximum absolute atomic E-state index is 12.3. The molecule has 0 atom stereocenters. The number of likely N-dealkylation sites (N-methyl/N-ethyl adjacent to an activating group) is 1. The minimum Gasteiger partial charge on any atom is -0.492 e. The molecule has 1 aromatic heterocycles. The zero-order chi connectivity index (χ0) is 20.1. The lowest BCUT2D eigenvalue weighted by Gasteiger charge is -2.16. The molecule has 0 aliphatic rings. The normalized spacial score (nSPS) is 11.0. The number of rotatable bonds is 7. The highest BCUT2D eigenvalue weighted by atomic mass is 35.5. The van der Waals surface area contributed by atoms with Crippen LogP contribution in [0.15, 0.2) is 47.3 Å². The van der Waals surface area contributed by atoms with Crippen molar-refractivity contribution in [3.05, 3.63) is 69.2 Å². The number of benzene rings is 2. The number of nitrogens with zero attached hydrogens (tertiary/aromatic N) is 2. The average Bonchev–Trinajstić information content (AvgIpc) is 2.68. The molecule has 0 fully saturated rings. The van der Waals surface area contributed by atoms with Crippen molar-refractivity contribution in [2.75, 3.05) is 27.3 Å². The van der Waals surface area contributed by atoms with Crippen LogP contribution < -0.4 is 10.3 Å². The molecule has 0 unspecified atom stereocenters. The Labute approximate surface area is 166 Å². The molecule has 0 aliphatic heterocycles. The van der Waals surface area contributed by atoms with E-state index in [1.807, 2.05) is 24.1 Å². The van der Waals surface area contributed by atoms with E-state index >= 15 is 0 Å². The molecule has 3 aromatic rings. The van der Waals surface area contributed by atoms with Crippen LogP contribution in [0.2, 0.25) is 5.02 Å². The summed E-state index contributed by atoms with van der Waals surface area (Å²) >= 11 is 5.85. The van der Waals surface area contributed by atoms with Gasteiger partial charge in [-0.1, -0.05) is 11.6 Å². The van der Waals surface area contributed by atoms with Gasteiger partial charge in [0, 0.05) is 11.6 Å². The van der Waals surface area contributed by atoms with Gasteiger partial charge in [-0.25, -0.2) is 9.78 Å². The highest BCUT2D eigenvalue weighted by Crippen LogP contribution is 2.15. The predicted molar refractivity (Wildman–Crippen MR) is 107 cm³/mol. The lowest BCUT2D eigenvalue weighted by Crippen LogP contribution is -2.26. The number of hydrogen-bond donors (Lipinski definition) is 1. The Morgan fingerprint density at radius 2 is 1.96 bits per heavy atom. The standard InChI is InChI=1S/C20H20ClN3O4/c1-24(9-10-28-15-6-4-14(21)5-7-15)12-18-22-17-11-13(20(26)27-2)3-8-16(17)19(25)23-18/h3-8,11H,9-10,12H2,1-2H3,(H,22,23,25). The molecule has 1 N–H and O–H groups in total. The number of nitrogens with one attached hydrogen (secondary N) is 1. The number of carbonyl (C=O) groups is 1. The van der Waals surface area contributed by atoms with E-state index in [4.69, 9.17) is 21.1 Å². The molecule has 1 heterocycles. The van der Waals surface area contributed by atoms with Gasteiger partial charge in [0.05, 0.1) is 30.1 Å². The Hall–Kier alpha value is -2.90. The first-order valence-corrected chi connectivity index (χ1v) is 9.02. The van der Waals surface area contributed by atoms with Gasteiger partial charge >= 0.3 is 5.97 Å². The highest BCUT2D eigenvalue weighted by molar-refractivity contribution is 6.30. The van der Waals surface area contributed by atoms with E-state index in [9.17, 15) is 9.59 Å². The molecule has 0 aliphatic carbocycles. The number of hydrogen-bond acceptors (Lipinski definition) is 6. The second kappa shape index (κ2) is 8.86. The molecule has 0 spiro atoms. The number of halogens is 1. The summed E-state index contributed by atoms with van der Waals surface area (Å²) in [5, 5.41) is 1.08. The van der Waals surface area contributed by atoms with Crippen LogP contribution in [0.1, 0.15) is 16.2 Å². The number of esters is 1. The molecule has 0 saturated heterocycles. The Morgan fingerprint density at radius 3 is 2.68 bits per heavy atom. The zero-order valence-corrected chi connectivity index (χ0v) is 16.3. The zero-order valence-electron chi connectivity index (χ0n) is 15.6. The molecule has 3 rings (SSSR count). The number of aromatic nitrogens is 2. The monoisotopic (exact) mass is 401 g/mol. The van der Waals surface area contributed by atoms with E-state index in [0.717, 1.165) is 5.75 Å². The van der Waals surface area contributed by atoms with Crippen molar-refractivity contribution in [1.82, 2.24) is 14.9 Å². The first kappa shape index (κ1) is 19.9. The van der Waals surface area contributed by atoms with Gasteiger partial charge in [0.25, 0.3) is 5.56 Å². The summed E-state index contributed by atoms with van der Waals surface area (Å²) in [5.74, 6) is 0.779. The van der Waals surface area contributed by atoms with Crippen LogP contribution in [0.5, 0.6) is 5.75 Å². The van der Waals surface area contributed by atoms with Crippen molar-refractivity contribution in [3.8, 4) is 5.75 Å². The van der Waals surface area contributed by atoms with E-state index in [0.29, 0.717) is 47.0 Å². The molecule has 0 amide bonds. The van der Waals surface area contributed by atoms with E-state index in [1.54, 1.807) is 30.3 Å². The molecule has 0 saturated carbocycles. The van der Waals surface area contributed by atoms with Crippen molar-refractivity contribution in [2.45, 2.75) is 6.54 Å². The molecule has 8 heteroatoms. The van der Waals surface area contributed by atoms with Crippen LogP contribution in [-0.2, 0) is 11.3 Å². The predicted octanol–water partition coefficient (Wildman–Crippen LogP) is 2.87. The Bertz CT molecular complexity index is 1030. The van der Waals surface area contributed by atoms with Crippen LogP contribution in [0, 0.1) is 0 Å². The first-order valence-electron chi connectivity index (χ1n) is 8.64. The fourth-order valence-electron chi connectivity index (χ4n) is 2.69. The number of carbonyl (C=O) groups excluding carboxylic acids is 1. The summed E-state index contributed by atoms with van der Waals surface area (Å²) in [6, 6.07) is 11.8. The van der Waals surface area contributed by atoms with Crippen LogP contribution in [0.25, 0.3) is 10.9 Å². The van der Waals surface area contributed by atoms with Crippen molar-refractivity contribution in [3.63, 3.8) is 0 Å². The van der Waals surface area contributed by atoms with Crippen LogP contribution in [0.4, 0.5) is 0 Å². The minimum absolute atomic E-state index is 0.248. The third-order valence-corrected chi connectivity index (χ3v) is 4.40. The lowest BCUT2D eigenvalue weighted by atomic mass is 10.1. The van der Waals surface area contributed by atoms with Crippen LogP contribution in [-0.4, -0.2) is 48.1 Å². The maximum Gasteiger partial charge on any atom is 0.337 e. The summed E-state index contributed by atoms with van der Waals surface area (Å²) < 4.78 is 10.4. The van der Waals surface area contributed by atoms with Gasteiger partial charge in [-0.2, -0.15) is 0 Å². The van der Waals surface area contributed by atoms with Crippen molar-refractivity contribution in [2.24, 2.45) is 0 Å². The summed E-state index contributed by atoms with van der Waals surface area (Å²) in [5.41, 5.74) is 0.554.